The van der Waals surface area contributed by atoms with Crippen molar-refractivity contribution in [2.45, 2.75) is 118 Å². The van der Waals surface area contributed by atoms with Crippen LogP contribution in [-0.4, -0.2) is 22.2 Å². The van der Waals surface area contributed by atoms with Crippen LogP contribution in [0.5, 0.6) is 0 Å². The molecule has 1 aliphatic carbocycles. The molecule has 1 aromatic carbocycles. The summed E-state index contributed by atoms with van der Waals surface area (Å²) < 4.78 is 0. The summed E-state index contributed by atoms with van der Waals surface area (Å²) in [4.78, 5) is 22.4. The molecule has 0 radical (unpaired) electrons. The van der Waals surface area contributed by atoms with E-state index >= 15 is 0 Å². The van der Waals surface area contributed by atoms with E-state index in [2.05, 4.69) is 26.0 Å². The van der Waals surface area contributed by atoms with Gasteiger partial charge in [-0.25, -0.2) is 0 Å². The van der Waals surface area contributed by atoms with E-state index in [1.165, 1.54) is 35.1 Å². The third-order valence-electron chi connectivity index (χ3n) is 7.59. The predicted octanol–water partition coefficient (Wildman–Crippen LogP) is 7.27. The van der Waals surface area contributed by atoms with Crippen molar-refractivity contribution in [3.63, 3.8) is 0 Å². The van der Waals surface area contributed by atoms with Crippen molar-refractivity contribution in [3.8, 4) is 0 Å². The lowest BCUT2D eigenvalue weighted by molar-refractivity contribution is -0.147. The molecule has 1 aromatic rings. The maximum absolute atomic E-state index is 11.3. The average Bonchev–Trinajstić information content (AvgIpc) is 3.51. The summed E-state index contributed by atoms with van der Waals surface area (Å²) in [5.41, 5.74) is 4.69. The summed E-state index contributed by atoms with van der Waals surface area (Å²) in [6, 6.07) is 4.72. The first-order valence-corrected chi connectivity index (χ1v) is 12.6. The molecule has 0 aliphatic heterocycles. The van der Waals surface area contributed by atoms with Crippen LogP contribution in [0.3, 0.4) is 0 Å². The van der Waals surface area contributed by atoms with E-state index in [0.29, 0.717) is 0 Å². The van der Waals surface area contributed by atoms with Crippen LogP contribution in [0.1, 0.15) is 113 Å². The number of aliphatic carboxylic acids is 2. The van der Waals surface area contributed by atoms with Gasteiger partial charge < -0.3 is 10.2 Å². The lowest BCUT2D eigenvalue weighted by Crippen LogP contribution is -2.23. The molecule has 180 valence electrons. The topological polar surface area (TPSA) is 74.6 Å². The molecule has 1 saturated carbocycles. The molecular weight excluding hydrogens is 400 g/mol. The summed E-state index contributed by atoms with van der Waals surface area (Å²) >= 11 is 0. The molecule has 4 nitrogen and oxygen atoms in total. The van der Waals surface area contributed by atoms with Gasteiger partial charge in [-0.3, -0.25) is 9.59 Å². The zero-order valence-corrected chi connectivity index (χ0v) is 20.8. The van der Waals surface area contributed by atoms with Gasteiger partial charge in [-0.05, 0) is 101 Å². The standard InChI is InChI=1S/C28H44O4/c1-21-19-23(13-9-5-7-11-15-27(3,4)25(29)30)20-24(22(21)2)14-10-6-8-12-16-28(17-18-28)26(31)32/h19-20H,5-18H2,1-4H3,(H,29,30)(H,31,32). The minimum atomic E-state index is -0.702. The van der Waals surface area contributed by atoms with Gasteiger partial charge in [-0.15, -0.1) is 0 Å². The van der Waals surface area contributed by atoms with Gasteiger partial charge in [0.15, 0.2) is 0 Å². The number of hydrogen-bond acceptors (Lipinski definition) is 2. The van der Waals surface area contributed by atoms with E-state index in [4.69, 9.17) is 0 Å². The lowest BCUT2D eigenvalue weighted by Gasteiger charge is -2.18. The van der Waals surface area contributed by atoms with E-state index in [0.717, 1.165) is 77.0 Å². The fourth-order valence-electron chi connectivity index (χ4n) is 4.63. The molecule has 1 aliphatic rings. The minimum absolute atomic E-state index is 0.367. The number of carboxylic acids is 2. The molecule has 0 unspecified atom stereocenters. The molecule has 4 heteroatoms. The fraction of sp³-hybridized carbons (Fsp3) is 0.714. The molecule has 32 heavy (non-hydrogen) atoms. The molecule has 0 atom stereocenters. The first kappa shape index (κ1) is 26.4. The van der Waals surface area contributed by atoms with Gasteiger partial charge in [-0.1, -0.05) is 50.7 Å². The number of aryl methyl sites for hydroxylation is 3. The Balaban J connectivity index is 1.68. The molecule has 0 spiro atoms. The second kappa shape index (κ2) is 11.9. The van der Waals surface area contributed by atoms with Crippen molar-refractivity contribution >= 4 is 11.9 Å². The Morgan fingerprint density at radius 2 is 1.47 bits per heavy atom. The zero-order chi connectivity index (χ0) is 23.8. The third kappa shape index (κ3) is 7.94. The van der Waals surface area contributed by atoms with Crippen molar-refractivity contribution in [1.29, 1.82) is 0 Å². The van der Waals surface area contributed by atoms with Crippen LogP contribution in [0.4, 0.5) is 0 Å². The highest BCUT2D eigenvalue weighted by atomic mass is 16.4. The van der Waals surface area contributed by atoms with Crippen LogP contribution in [0, 0.1) is 24.7 Å². The van der Waals surface area contributed by atoms with Crippen molar-refractivity contribution in [2.75, 3.05) is 0 Å². The fourth-order valence-corrected chi connectivity index (χ4v) is 4.63. The molecule has 0 bridgehead atoms. The Kier molecular flexibility index (Phi) is 9.79. The van der Waals surface area contributed by atoms with Gasteiger partial charge in [0.05, 0.1) is 10.8 Å². The quantitative estimate of drug-likeness (QED) is 0.263. The Bertz CT molecular complexity index is 774. The molecule has 0 amide bonds. The van der Waals surface area contributed by atoms with Crippen molar-refractivity contribution in [3.05, 3.63) is 34.4 Å². The number of rotatable bonds is 16. The Hall–Kier alpha value is -1.84. The molecular formula is C28H44O4. The number of carboxylic acid groups (broad SMARTS) is 2. The number of benzene rings is 1. The van der Waals surface area contributed by atoms with Gasteiger partial charge in [0.2, 0.25) is 0 Å². The van der Waals surface area contributed by atoms with Gasteiger partial charge in [0, 0.05) is 0 Å². The van der Waals surface area contributed by atoms with Crippen LogP contribution in [0.15, 0.2) is 12.1 Å². The predicted molar refractivity (Wildman–Crippen MR) is 130 cm³/mol. The second-order valence-electron chi connectivity index (χ2n) is 10.8. The molecule has 0 saturated heterocycles. The van der Waals surface area contributed by atoms with E-state index in [-0.39, 0.29) is 5.41 Å². The maximum Gasteiger partial charge on any atom is 0.309 e. The number of unbranched alkanes of at least 4 members (excludes halogenated alkanes) is 6. The average molecular weight is 445 g/mol. The van der Waals surface area contributed by atoms with Crippen LogP contribution in [0.25, 0.3) is 0 Å². The summed E-state index contributed by atoms with van der Waals surface area (Å²) in [7, 11) is 0. The van der Waals surface area contributed by atoms with E-state index in [1.54, 1.807) is 0 Å². The maximum atomic E-state index is 11.3. The molecule has 1 fully saturated rings. The summed E-state index contributed by atoms with van der Waals surface area (Å²) in [5, 5.41) is 18.5. The van der Waals surface area contributed by atoms with Crippen molar-refractivity contribution in [2.24, 2.45) is 10.8 Å². The SMILES string of the molecule is Cc1cc(CCCCCCC(C)(C)C(=O)O)cc(CCCCCCC2(C(=O)O)CC2)c1C. The number of hydrogen-bond donors (Lipinski definition) is 2. The Labute approximate surface area is 194 Å². The molecule has 2 N–H and O–H groups in total. The first-order valence-electron chi connectivity index (χ1n) is 12.6. The van der Waals surface area contributed by atoms with E-state index < -0.39 is 17.4 Å². The Morgan fingerprint density at radius 1 is 0.875 bits per heavy atom. The smallest absolute Gasteiger partial charge is 0.309 e. The minimum Gasteiger partial charge on any atom is -0.481 e. The Morgan fingerprint density at radius 3 is 2.06 bits per heavy atom. The first-order chi connectivity index (χ1) is 15.1. The molecule has 2 rings (SSSR count). The number of carbonyl (C=O) groups is 2. The lowest BCUT2D eigenvalue weighted by atomic mass is 9.87. The zero-order valence-electron chi connectivity index (χ0n) is 20.8. The van der Waals surface area contributed by atoms with Gasteiger partial charge in [0.25, 0.3) is 0 Å². The largest absolute Gasteiger partial charge is 0.481 e. The summed E-state index contributed by atoms with van der Waals surface area (Å²) in [5.74, 6) is -1.29. The van der Waals surface area contributed by atoms with Crippen molar-refractivity contribution < 1.29 is 19.8 Å². The monoisotopic (exact) mass is 444 g/mol. The second-order valence-corrected chi connectivity index (χ2v) is 10.8. The summed E-state index contributed by atoms with van der Waals surface area (Å²) in [6.45, 7) is 8.05. The highest BCUT2D eigenvalue weighted by Crippen LogP contribution is 2.50. The van der Waals surface area contributed by atoms with Gasteiger partial charge in [-0.2, -0.15) is 0 Å². The van der Waals surface area contributed by atoms with Crippen LogP contribution in [-0.2, 0) is 22.4 Å². The molecule has 0 heterocycles. The van der Waals surface area contributed by atoms with E-state index in [1.807, 2.05) is 13.8 Å². The van der Waals surface area contributed by atoms with Crippen LogP contribution in [0.2, 0.25) is 0 Å². The highest BCUT2D eigenvalue weighted by molar-refractivity contribution is 5.77. The van der Waals surface area contributed by atoms with Gasteiger partial charge >= 0.3 is 11.9 Å². The normalized spacial score (nSPS) is 15.0. The highest BCUT2D eigenvalue weighted by Gasteiger charge is 2.49. The summed E-state index contributed by atoms with van der Waals surface area (Å²) in [6.07, 6.45) is 14.4. The van der Waals surface area contributed by atoms with Crippen LogP contribution < -0.4 is 0 Å². The van der Waals surface area contributed by atoms with Gasteiger partial charge in [0.1, 0.15) is 0 Å². The molecule has 0 aromatic heterocycles. The van der Waals surface area contributed by atoms with Crippen molar-refractivity contribution in [1.82, 2.24) is 0 Å². The third-order valence-corrected chi connectivity index (χ3v) is 7.59. The van der Waals surface area contributed by atoms with E-state index in [9.17, 15) is 19.8 Å². The van der Waals surface area contributed by atoms with Crippen LogP contribution >= 0.6 is 0 Å².